The molecule has 0 spiro atoms. The lowest BCUT2D eigenvalue weighted by Crippen LogP contribution is -2.46. The molecular weight excluding hydrogens is 324 g/mol. The minimum Gasteiger partial charge on any atom is -0.352 e. The van der Waals surface area contributed by atoms with Crippen LogP contribution in [0, 0.1) is 6.92 Å². The van der Waals surface area contributed by atoms with Gasteiger partial charge in [-0.1, -0.05) is 45.0 Å². The number of nitrogens with zero attached hydrogens (tertiary/aromatic N) is 4. The summed E-state index contributed by atoms with van der Waals surface area (Å²) in [5.41, 5.74) is 2.78. The fourth-order valence-corrected chi connectivity index (χ4v) is 3.25. The zero-order valence-electron chi connectivity index (χ0n) is 16.5. The van der Waals surface area contributed by atoms with E-state index in [-0.39, 0.29) is 5.41 Å². The Morgan fingerprint density at radius 1 is 1.27 bits per heavy atom. The standard InChI is InChI=1S/C20H30N6/c1-14-23-18-11-10-17(13-26(18)25-14)24-19(21-5)22-12-15-6-8-16(9-7-15)20(2,3)4/h6-9,17H,10-13H2,1-5H3,(H2,21,22,24). The van der Waals surface area contributed by atoms with Crippen molar-refractivity contribution in [3.05, 3.63) is 47.0 Å². The van der Waals surface area contributed by atoms with Gasteiger partial charge >= 0.3 is 0 Å². The van der Waals surface area contributed by atoms with E-state index in [2.05, 4.69) is 70.7 Å². The van der Waals surface area contributed by atoms with Gasteiger partial charge in [-0.15, -0.1) is 0 Å². The molecule has 1 aliphatic heterocycles. The van der Waals surface area contributed by atoms with Crippen molar-refractivity contribution in [1.82, 2.24) is 25.4 Å². The zero-order valence-corrected chi connectivity index (χ0v) is 16.5. The van der Waals surface area contributed by atoms with E-state index in [9.17, 15) is 0 Å². The third-order valence-corrected chi connectivity index (χ3v) is 4.81. The Kier molecular flexibility index (Phi) is 5.30. The molecule has 26 heavy (non-hydrogen) atoms. The van der Waals surface area contributed by atoms with Crippen molar-refractivity contribution < 1.29 is 0 Å². The van der Waals surface area contributed by atoms with Crippen LogP contribution in [0.3, 0.4) is 0 Å². The quantitative estimate of drug-likeness (QED) is 0.657. The summed E-state index contributed by atoms with van der Waals surface area (Å²) in [5.74, 6) is 2.76. The second kappa shape index (κ2) is 7.48. The smallest absolute Gasteiger partial charge is 0.191 e. The van der Waals surface area contributed by atoms with E-state index in [4.69, 9.17) is 0 Å². The van der Waals surface area contributed by atoms with Crippen LogP contribution in [0.15, 0.2) is 29.3 Å². The van der Waals surface area contributed by atoms with Crippen molar-refractivity contribution in [3.8, 4) is 0 Å². The molecule has 1 aliphatic rings. The van der Waals surface area contributed by atoms with Crippen molar-refractivity contribution in [1.29, 1.82) is 0 Å². The van der Waals surface area contributed by atoms with E-state index in [1.807, 2.05) is 18.7 Å². The minimum absolute atomic E-state index is 0.184. The molecule has 1 aromatic heterocycles. The molecule has 1 aromatic carbocycles. The van der Waals surface area contributed by atoms with Gasteiger partial charge in [-0.2, -0.15) is 5.10 Å². The number of aliphatic imine (C=N–C) groups is 1. The molecule has 0 fully saturated rings. The number of nitrogens with one attached hydrogen (secondary N) is 2. The van der Waals surface area contributed by atoms with Crippen LogP contribution in [0.25, 0.3) is 0 Å². The first-order chi connectivity index (χ1) is 12.3. The molecular formula is C20H30N6. The Labute approximate surface area is 156 Å². The predicted octanol–water partition coefficient (Wildman–Crippen LogP) is 2.56. The average Bonchev–Trinajstić information content (AvgIpc) is 2.97. The molecule has 0 bridgehead atoms. The van der Waals surface area contributed by atoms with Crippen LogP contribution in [0.5, 0.6) is 0 Å². The van der Waals surface area contributed by atoms with Gasteiger partial charge < -0.3 is 10.6 Å². The van der Waals surface area contributed by atoms with E-state index in [1.165, 1.54) is 11.1 Å². The van der Waals surface area contributed by atoms with Crippen LogP contribution in [0.4, 0.5) is 0 Å². The van der Waals surface area contributed by atoms with E-state index in [0.717, 1.165) is 43.5 Å². The molecule has 0 saturated carbocycles. The highest BCUT2D eigenvalue weighted by Crippen LogP contribution is 2.22. The zero-order chi connectivity index (χ0) is 18.7. The topological polar surface area (TPSA) is 67.1 Å². The first kappa shape index (κ1) is 18.4. The summed E-state index contributed by atoms with van der Waals surface area (Å²) in [4.78, 5) is 8.83. The van der Waals surface area contributed by atoms with Gasteiger partial charge in [0.15, 0.2) is 5.96 Å². The second-order valence-corrected chi connectivity index (χ2v) is 8.01. The Hall–Kier alpha value is -2.37. The van der Waals surface area contributed by atoms with Gasteiger partial charge in [0.2, 0.25) is 0 Å². The van der Waals surface area contributed by atoms with Crippen LogP contribution in [-0.2, 0) is 24.9 Å². The van der Waals surface area contributed by atoms with Gasteiger partial charge in [0.05, 0.1) is 6.54 Å². The molecule has 2 heterocycles. The number of hydrogen-bond donors (Lipinski definition) is 2. The molecule has 0 radical (unpaired) electrons. The second-order valence-electron chi connectivity index (χ2n) is 8.01. The normalized spacial score (nSPS) is 17.7. The van der Waals surface area contributed by atoms with Crippen LogP contribution in [0.1, 0.15) is 50.0 Å². The lowest BCUT2D eigenvalue weighted by atomic mass is 9.87. The maximum Gasteiger partial charge on any atom is 0.191 e. The summed E-state index contributed by atoms with van der Waals surface area (Å²) in [6.45, 7) is 10.2. The van der Waals surface area contributed by atoms with Gasteiger partial charge in [0, 0.05) is 26.1 Å². The average molecular weight is 355 g/mol. The van der Waals surface area contributed by atoms with E-state index >= 15 is 0 Å². The first-order valence-electron chi connectivity index (χ1n) is 9.32. The van der Waals surface area contributed by atoms with E-state index in [1.54, 1.807) is 0 Å². The molecule has 0 amide bonds. The summed E-state index contributed by atoms with van der Waals surface area (Å²) in [5, 5.41) is 11.4. The summed E-state index contributed by atoms with van der Waals surface area (Å²) in [6, 6.07) is 9.11. The Morgan fingerprint density at radius 3 is 2.65 bits per heavy atom. The van der Waals surface area contributed by atoms with Crippen molar-refractivity contribution in [2.75, 3.05) is 7.05 Å². The van der Waals surface area contributed by atoms with Crippen molar-refractivity contribution in [2.24, 2.45) is 4.99 Å². The first-order valence-corrected chi connectivity index (χ1v) is 9.32. The molecule has 140 valence electrons. The van der Waals surface area contributed by atoms with Gasteiger partial charge in [-0.25, -0.2) is 9.67 Å². The monoisotopic (exact) mass is 354 g/mol. The van der Waals surface area contributed by atoms with Gasteiger partial charge in [0.25, 0.3) is 0 Å². The Morgan fingerprint density at radius 2 is 2.00 bits per heavy atom. The highest BCUT2D eigenvalue weighted by atomic mass is 15.4. The summed E-state index contributed by atoms with van der Waals surface area (Å²) in [6.07, 6.45) is 1.99. The molecule has 2 aromatic rings. The van der Waals surface area contributed by atoms with Crippen molar-refractivity contribution >= 4 is 5.96 Å². The van der Waals surface area contributed by atoms with Crippen molar-refractivity contribution in [3.63, 3.8) is 0 Å². The van der Waals surface area contributed by atoms with Crippen LogP contribution >= 0.6 is 0 Å². The predicted molar refractivity (Wildman–Crippen MR) is 105 cm³/mol. The number of fused-ring (bicyclic) bond motifs is 1. The maximum absolute atomic E-state index is 4.46. The van der Waals surface area contributed by atoms with Crippen LogP contribution in [-0.4, -0.2) is 33.8 Å². The largest absolute Gasteiger partial charge is 0.352 e. The fraction of sp³-hybridized carbons (Fsp3) is 0.550. The molecule has 1 atom stereocenters. The summed E-state index contributed by atoms with van der Waals surface area (Å²) < 4.78 is 2.01. The lowest BCUT2D eigenvalue weighted by molar-refractivity contribution is 0.392. The third kappa shape index (κ3) is 4.42. The third-order valence-electron chi connectivity index (χ3n) is 4.81. The maximum atomic E-state index is 4.46. The van der Waals surface area contributed by atoms with Crippen LogP contribution in [0.2, 0.25) is 0 Å². The van der Waals surface area contributed by atoms with Gasteiger partial charge in [0.1, 0.15) is 11.6 Å². The summed E-state index contributed by atoms with van der Waals surface area (Å²) in [7, 11) is 1.81. The Balaban J connectivity index is 1.54. The molecule has 6 nitrogen and oxygen atoms in total. The minimum atomic E-state index is 0.184. The fourth-order valence-electron chi connectivity index (χ4n) is 3.25. The van der Waals surface area contributed by atoms with Crippen LogP contribution < -0.4 is 10.6 Å². The number of aromatic nitrogens is 3. The highest BCUT2D eigenvalue weighted by Gasteiger charge is 2.21. The Bertz CT molecular complexity index is 767. The molecule has 2 N–H and O–H groups in total. The molecule has 3 rings (SSSR count). The van der Waals surface area contributed by atoms with Gasteiger partial charge in [-0.3, -0.25) is 4.99 Å². The van der Waals surface area contributed by atoms with Crippen molar-refractivity contribution in [2.45, 2.75) is 65.1 Å². The molecule has 6 heteroatoms. The van der Waals surface area contributed by atoms with E-state index < -0.39 is 0 Å². The lowest BCUT2D eigenvalue weighted by Gasteiger charge is -2.25. The number of aryl methyl sites for hydroxylation is 2. The number of hydrogen-bond acceptors (Lipinski definition) is 3. The molecule has 0 aliphatic carbocycles. The van der Waals surface area contributed by atoms with Gasteiger partial charge in [-0.05, 0) is 29.9 Å². The highest BCUT2D eigenvalue weighted by molar-refractivity contribution is 5.79. The summed E-state index contributed by atoms with van der Waals surface area (Å²) >= 11 is 0. The SMILES string of the molecule is CN=C(NCc1ccc(C(C)(C)C)cc1)NC1CCc2nc(C)nn2C1. The number of rotatable bonds is 3. The van der Waals surface area contributed by atoms with E-state index in [0.29, 0.717) is 6.04 Å². The number of benzene rings is 1. The molecule has 0 saturated heterocycles. The number of guanidine groups is 1. The molecule has 1 unspecified atom stereocenters.